The van der Waals surface area contributed by atoms with E-state index in [4.69, 9.17) is 28.3 Å². The predicted octanol–water partition coefficient (Wildman–Crippen LogP) is 3.75. The summed E-state index contributed by atoms with van der Waals surface area (Å²) in [5, 5.41) is 11.2. The molecule has 1 N–H and O–H groups in total. The molecule has 0 saturated carbocycles. The first-order chi connectivity index (χ1) is 9.50. The Balaban J connectivity index is 2.35. The standard InChI is InChI=1S/C13H11Cl2NO3S/c14-9-4-1-3-8(12(9)15)10-7-20-13(19)16(10)6-2-5-11(17)18/h1,3-4,7H,2,5-6H2,(H,17,18). The topological polar surface area (TPSA) is 59.3 Å². The monoisotopic (exact) mass is 331 g/mol. The van der Waals surface area contributed by atoms with Crippen LogP contribution in [0, 0.1) is 0 Å². The van der Waals surface area contributed by atoms with Crippen LogP contribution in [0.5, 0.6) is 0 Å². The number of thiazole rings is 1. The van der Waals surface area contributed by atoms with Crippen LogP contribution in [0.1, 0.15) is 12.8 Å². The van der Waals surface area contributed by atoms with Gasteiger partial charge in [-0.25, -0.2) is 0 Å². The number of aromatic nitrogens is 1. The van der Waals surface area contributed by atoms with Crippen molar-refractivity contribution in [1.29, 1.82) is 0 Å². The summed E-state index contributed by atoms with van der Waals surface area (Å²) in [5.41, 5.74) is 1.34. The molecule has 2 aromatic rings. The molecule has 4 nitrogen and oxygen atoms in total. The summed E-state index contributed by atoms with van der Waals surface area (Å²) in [4.78, 5) is 22.2. The maximum atomic E-state index is 11.8. The summed E-state index contributed by atoms with van der Waals surface area (Å²) in [6.07, 6.45) is 0.405. The second kappa shape index (κ2) is 6.43. The predicted molar refractivity (Wildman–Crippen MR) is 80.9 cm³/mol. The fraction of sp³-hybridized carbons (Fsp3) is 0.231. The van der Waals surface area contributed by atoms with Gasteiger partial charge >= 0.3 is 10.8 Å². The fourth-order valence-electron chi connectivity index (χ4n) is 1.84. The molecular weight excluding hydrogens is 321 g/mol. The minimum absolute atomic E-state index is 0.0189. The van der Waals surface area contributed by atoms with Gasteiger partial charge in [0.1, 0.15) is 0 Å². The zero-order valence-electron chi connectivity index (χ0n) is 10.3. The molecule has 106 valence electrons. The van der Waals surface area contributed by atoms with Gasteiger partial charge in [-0.2, -0.15) is 0 Å². The maximum Gasteiger partial charge on any atom is 0.307 e. The van der Waals surface area contributed by atoms with Gasteiger partial charge in [0.2, 0.25) is 0 Å². The molecular formula is C13H11Cl2NO3S. The fourth-order valence-corrected chi connectivity index (χ4v) is 3.02. The lowest BCUT2D eigenvalue weighted by molar-refractivity contribution is -0.137. The summed E-state index contributed by atoms with van der Waals surface area (Å²) < 4.78 is 1.53. The van der Waals surface area contributed by atoms with Gasteiger partial charge in [0, 0.05) is 23.9 Å². The van der Waals surface area contributed by atoms with Gasteiger partial charge in [-0.05, 0) is 12.5 Å². The Morgan fingerprint density at radius 1 is 1.35 bits per heavy atom. The van der Waals surface area contributed by atoms with Gasteiger partial charge in [0.15, 0.2) is 0 Å². The second-order valence-corrected chi connectivity index (χ2v) is 5.74. The highest BCUT2D eigenvalue weighted by molar-refractivity contribution is 7.07. The third-order valence-electron chi connectivity index (χ3n) is 2.78. The highest BCUT2D eigenvalue weighted by atomic mass is 35.5. The maximum absolute atomic E-state index is 11.8. The highest BCUT2D eigenvalue weighted by Gasteiger charge is 2.13. The molecule has 0 fully saturated rings. The number of carboxylic acid groups (broad SMARTS) is 1. The van der Waals surface area contributed by atoms with Crippen LogP contribution >= 0.6 is 34.5 Å². The van der Waals surface area contributed by atoms with E-state index in [0.29, 0.717) is 34.3 Å². The number of hydrogen-bond donors (Lipinski definition) is 1. The van der Waals surface area contributed by atoms with Crippen LogP contribution in [0.15, 0.2) is 28.4 Å². The van der Waals surface area contributed by atoms with Crippen LogP contribution in [-0.4, -0.2) is 15.6 Å². The largest absolute Gasteiger partial charge is 0.481 e. The number of rotatable bonds is 5. The van der Waals surface area contributed by atoms with Crippen molar-refractivity contribution in [3.05, 3.63) is 43.3 Å². The van der Waals surface area contributed by atoms with Gasteiger partial charge in [0.05, 0.1) is 15.7 Å². The number of halogens is 2. The molecule has 0 aliphatic carbocycles. The lowest BCUT2D eigenvalue weighted by atomic mass is 10.1. The van der Waals surface area contributed by atoms with E-state index in [9.17, 15) is 9.59 Å². The van der Waals surface area contributed by atoms with E-state index >= 15 is 0 Å². The average molecular weight is 332 g/mol. The Hall–Kier alpha value is -1.30. The summed E-state index contributed by atoms with van der Waals surface area (Å²) in [6.45, 7) is 0.340. The van der Waals surface area contributed by atoms with E-state index in [1.54, 1.807) is 23.6 Å². The van der Waals surface area contributed by atoms with Crippen LogP contribution in [0.25, 0.3) is 11.3 Å². The molecule has 1 heterocycles. The number of hydrogen-bond acceptors (Lipinski definition) is 3. The molecule has 0 saturated heterocycles. The molecule has 0 amide bonds. The van der Waals surface area contributed by atoms with Crippen molar-refractivity contribution in [2.24, 2.45) is 0 Å². The minimum Gasteiger partial charge on any atom is -0.481 e. The average Bonchev–Trinajstić information content (AvgIpc) is 2.74. The van der Waals surface area contributed by atoms with E-state index in [2.05, 4.69) is 0 Å². The Bertz CT molecular complexity index is 693. The van der Waals surface area contributed by atoms with Crippen LogP contribution in [0.4, 0.5) is 0 Å². The van der Waals surface area contributed by atoms with Gasteiger partial charge < -0.3 is 5.11 Å². The Labute approximate surface area is 129 Å². The molecule has 0 aliphatic heterocycles. The van der Waals surface area contributed by atoms with Gasteiger partial charge in [-0.3, -0.25) is 14.2 Å². The van der Waals surface area contributed by atoms with Crippen LogP contribution < -0.4 is 4.87 Å². The molecule has 0 radical (unpaired) electrons. The molecule has 0 bridgehead atoms. The van der Waals surface area contributed by atoms with Crippen LogP contribution in [-0.2, 0) is 11.3 Å². The van der Waals surface area contributed by atoms with E-state index < -0.39 is 5.97 Å². The zero-order valence-corrected chi connectivity index (χ0v) is 12.6. The molecule has 0 unspecified atom stereocenters. The van der Waals surface area contributed by atoms with Crippen molar-refractivity contribution in [3.63, 3.8) is 0 Å². The molecule has 0 aliphatic rings. The van der Waals surface area contributed by atoms with Crippen molar-refractivity contribution in [2.45, 2.75) is 19.4 Å². The number of nitrogens with zero attached hydrogens (tertiary/aromatic N) is 1. The Morgan fingerprint density at radius 3 is 2.80 bits per heavy atom. The first-order valence-electron chi connectivity index (χ1n) is 5.85. The smallest absolute Gasteiger partial charge is 0.307 e. The number of aliphatic carboxylic acids is 1. The van der Waals surface area contributed by atoms with E-state index in [1.165, 1.54) is 4.57 Å². The first-order valence-corrected chi connectivity index (χ1v) is 7.48. The SMILES string of the molecule is O=C(O)CCCn1c(-c2cccc(Cl)c2Cl)csc1=O. The van der Waals surface area contributed by atoms with Crippen molar-refractivity contribution in [1.82, 2.24) is 4.57 Å². The number of benzene rings is 1. The third kappa shape index (κ3) is 3.23. The number of carboxylic acids is 1. The van der Waals surface area contributed by atoms with Crippen molar-refractivity contribution >= 4 is 40.5 Å². The number of carbonyl (C=O) groups is 1. The van der Waals surface area contributed by atoms with Gasteiger partial charge in [-0.15, -0.1) is 0 Å². The summed E-state index contributed by atoms with van der Waals surface area (Å²) >= 11 is 13.2. The van der Waals surface area contributed by atoms with Crippen molar-refractivity contribution in [2.75, 3.05) is 0 Å². The molecule has 20 heavy (non-hydrogen) atoms. The highest BCUT2D eigenvalue weighted by Crippen LogP contribution is 2.33. The zero-order chi connectivity index (χ0) is 14.7. The lowest BCUT2D eigenvalue weighted by Gasteiger charge is -2.09. The summed E-state index contributed by atoms with van der Waals surface area (Å²) in [5.74, 6) is -0.879. The van der Waals surface area contributed by atoms with Gasteiger partial charge in [-0.1, -0.05) is 46.7 Å². The van der Waals surface area contributed by atoms with Crippen molar-refractivity contribution < 1.29 is 9.90 Å². The quantitative estimate of drug-likeness (QED) is 0.907. The van der Waals surface area contributed by atoms with E-state index in [1.807, 2.05) is 0 Å². The Kier molecular flexibility index (Phi) is 4.86. The lowest BCUT2D eigenvalue weighted by Crippen LogP contribution is -2.15. The summed E-state index contributed by atoms with van der Waals surface area (Å²) in [7, 11) is 0. The molecule has 1 aromatic carbocycles. The van der Waals surface area contributed by atoms with E-state index in [0.717, 1.165) is 11.3 Å². The van der Waals surface area contributed by atoms with Crippen molar-refractivity contribution in [3.8, 4) is 11.3 Å². The molecule has 1 aromatic heterocycles. The molecule has 2 rings (SSSR count). The normalized spacial score (nSPS) is 10.7. The van der Waals surface area contributed by atoms with Crippen LogP contribution in [0.2, 0.25) is 10.0 Å². The molecule has 0 atom stereocenters. The van der Waals surface area contributed by atoms with Gasteiger partial charge in [0.25, 0.3) is 0 Å². The summed E-state index contributed by atoms with van der Waals surface area (Å²) in [6, 6.07) is 5.21. The Morgan fingerprint density at radius 2 is 2.10 bits per heavy atom. The van der Waals surface area contributed by atoms with E-state index in [-0.39, 0.29) is 11.3 Å². The molecule has 0 spiro atoms. The minimum atomic E-state index is -0.879. The second-order valence-electron chi connectivity index (χ2n) is 4.14. The molecule has 7 heteroatoms. The first kappa shape index (κ1) is 15.1. The third-order valence-corrected chi connectivity index (χ3v) is 4.36. The van der Waals surface area contributed by atoms with Crippen LogP contribution in [0.3, 0.4) is 0 Å².